The van der Waals surface area contributed by atoms with Crippen molar-refractivity contribution in [1.82, 2.24) is 4.90 Å². The Bertz CT molecular complexity index is 793. The Morgan fingerprint density at radius 3 is 2.41 bits per heavy atom. The molecule has 0 bridgehead atoms. The first kappa shape index (κ1) is 19.3. The number of hydrogen-bond donors (Lipinski definition) is 0. The van der Waals surface area contributed by atoms with Gasteiger partial charge in [0, 0.05) is 31.9 Å². The summed E-state index contributed by atoms with van der Waals surface area (Å²) >= 11 is 0. The first-order valence-corrected chi connectivity index (χ1v) is 9.78. The van der Waals surface area contributed by atoms with Crippen LogP contribution in [0.4, 0.5) is 5.69 Å². The number of hydrogen-bond acceptors (Lipinski definition) is 3. The molecule has 1 saturated heterocycles. The molecule has 2 aromatic rings. The second kappa shape index (κ2) is 8.47. The van der Waals surface area contributed by atoms with Crippen LogP contribution in [0.1, 0.15) is 36.5 Å². The molecule has 1 aliphatic rings. The van der Waals surface area contributed by atoms with Crippen LogP contribution in [0.3, 0.4) is 0 Å². The molecule has 1 aliphatic heterocycles. The van der Waals surface area contributed by atoms with Gasteiger partial charge in [-0.15, -0.1) is 0 Å². The molecule has 0 spiro atoms. The van der Waals surface area contributed by atoms with Gasteiger partial charge in [0.15, 0.2) is 6.61 Å². The molecule has 144 valence electrons. The average Bonchev–Trinajstić information content (AvgIpc) is 2.68. The largest absolute Gasteiger partial charge is 0.483 e. The predicted octanol–water partition coefficient (Wildman–Crippen LogP) is 4.15. The van der Waals surface area contributed by atoms with Crippen molar-refractivity contribution in [3.63, 3.8) is 0 Å². The highest BCUT2D eigenvalue weighted by molar-refractivity contribution is 5.78. The van der Waals surface area contributed by atoms with Crippen LogP contribution >= 0.6 is 0 Å². The number of ether oxygens (including phenoxy) is 1. The Morgan fingerprint density at radius 1 is 1.00 bits per heavy atom. The number of amides is 1. The van der Waals surface area contributed by atoms with Crippen molar-refractivity contribution in [2.75, 3.05) is 37.7 Å². The van der Waals surface area contributed by atoms with E-state index in [9.17, 15) is 4.79 Å². The van der Waals surface area contributed by atoms with Crippen LogP contribution in [0.2, 0.25) is 0 Å². The van der Waals surface area contributed by atoms with Crippen LogP contribution < -0.4 is 9.64 Å². The minimum Gasteiger partial charge on any atom is -0.483 e. The standard InChI is InChI=1S/C23H30N2O2/c1-17(2)20-9-5-6-11-22(20)27-16-23(26)25-14-12-24(13-15-25)21-10-7-8-18(3)19(21)4/h5-11,17H,12-16H2,1-4H3. The molecule has 27 heavy (non-hydrogen) atoms. The highest BCUT2D eigenvalue weighted by Crippen LogP contribution is 2.26. The molecule has 1 fully saturated rings. The lowest BCUT2D eigenvalue weighted by molar-refractivity contribution is -0.133. The first-order valence-electron chi connectivity index (χ1n) is 9.78. The van der Waals surface area contributed by atoms with E-state index in [1.54, 1.807) is 0 Å². The molecule has 0 aliphatic carbocycles. The fourth-order valence-corrected chi connectivity index (χ4v) is 3.59. The summed E-state index contributed by atoms with van der Waals surface area (Å²) in [7, 11) is 0. The Hall–Kier alpha value is -2.49. The van der Waals surface area contributed by atoms with Gasteiger partial charge in [0.1, 0.15) is 5.75 Å². The van der Waals surface area contributed by atoms with E-state index < -0.39 is 0 Å². The normalized spacial score (nSPS) is 14.6. The van der Waals surface area contributed by atoms with Gasteiger partial charge in [-0.1, -0.05) is 44.2 Å². The number of para-hydroxylation sites is 1. The second-order valence-corrected chi connectivity index (χ2v) is 7.57. The first-order chi connectivity index (χ1) is 13.0. The van der Waals surface area contributed by atoms with Crippen molar-refractivity contribution < 1.29 is 9.53 Å². The Balaban J connectivity index is 1.55. The molecular formula is C23H30N2O2. The van der Waals surface area contributed by atoms with Crippen molar-refractivity contribution in [3.8, 4) is 5.75 Å². The average molecular weight is 367 g/mol. The van der Waals surface area contributed by atoms with Crippen LogP contribution in [-0.4, -0.2) is 43.6 Å². The fourth-order valence-electron chi connectivity index (χ4n) is 3.59. The Labute approximate surface area is 162 Å². The maximum Gasteiger partial charge on any atom is 0.260 e. The molecule has 1 amide bonds. The van der Waals surface area contributed by atoms with Gasteiger partial charge in [-0.3, -0.25) is 4.79 Å². The van der Waals surface area contributed by atoms with Crippen LogP contribution in [-0.2, 0) is 4.79 Å². The fraction of sp³-hybridized carbons (Fsp3) is 0.435. The highest BCUT2D eigenvalue weighted by atomic mass is 16.5. The van der Waals surface area contributed by atoms with E-state index in [1.807, 2.05) is 23.1 Å². The lowest BCUT2D eigenvalue weighted by Crippen LogP contribution is -2.50. The monoisotopic (exact) mass is 366 g/mol. The van der Waals surface area contributed by atoms with E-state index in [0.717, 1.165) is 37.5 Å². The van der Waals surface area contributed by atoms with E-state index >= 15 is 0 Å². The van der Waals surface area contributed by atoms with Gasteiger partial charge in [0.2, 0.25) is 0 Å². The lowest BCUT2D eigenvalue weighted by atomic mass is 10.0. The number of anilines is 1. The van der Waals surface area contributed by atoms with E-state index in [0.29, 0.717) is 5.92 Å². The zero-order valence-electron chi connectivity index (χ0n) is 16.9. The summed E-state index contributed by atoms with van der Waals surface area (Å²) in [4.78, 5) is 16.9. The molecule has 0 aromatic heterocycles. The number of benzene rings is 2. The predicted molar refractivity (Wildman–Crippen MR) is 111 cm³/mol. The summed E-state index contributed by atoms with van der Waals surface area (Å²) in [5, 5.41) is 0. The van der Waals surface area contributed by atoms with Gasteiger partial charge >= 0.3 is 0 Å². The lowest BCUT2D eigenvalue weighted by Gasteiger charge is -2.37. The molecule has 2 aromatic carbocycles. The molecule has 0 radical (unpaired) electrons. The number of nitrogens with zero attached hydrogens (tertiary/aromatic N) is 2. The molecule has 0 unspecified atom stereocenters. The van der Waals surface area contributed by atoms with Gasteiger partial charge in [0.25, 0.3) is 5.91 Å². The van der Waals surface area contributed by atoms with Gasteiger partial charge in [-0.05, 0) is 48.6 Å². The third kappa shape index (κ3) is 4.44. The number of carbonyl (C=O) groups is 1. The SMILES string of the molecule is Cc1cccc(N2CCN(C(=O)COc3ccccc3C(C)C)CC2)c1C. The summed E-state index contributed by atoms with van der Waals surface area (Å²) in [5.74, 6) is 1.25. The van der Waals surface area contributed by atoms with Crippen molar-refractivity contribution in [1.29, 1.82) is 0 Å². The summed E-state index contributed by atoms with van der Waals surface area (Å²) in [6, 6.07) is 14.4. The molecule has 4 heteroatoms. The van der Waals surface area contributed by atoms with Crippen molar-refractivity contribution in [3.05, 3.63) is 59.2 Å². The summed E-state index contributed by atoms with van der Waals surface area (Å²) in [6.07, 6.45) is 0. The van der Waals surface area contributed by atoms with Crippen LogP contribution in [0.25, 0.3) is 0 Å². The molecule has 0 N–H and O–H groups in total. The van der Waals surface area contributed by atoms with Crippen molar-refractivity contribution in [2.45, 2.75) is 33.6 Å². The second-order valence-electron chi connectivity index (χ2n) is 7.57. The molecule has 0 saturated carbocycles. The van der Waals surface area contributed by atoms with E-state index in [-0.39, 0.29) is 12.5 Å². The minimum atomic E-state index is 0.0640. The summed E-state index contributed by atoms with van der Waals surface area (Å²) in [6.45, 7) is 11.9. The quantitative estimate of drug-likeness (QED) is 0.797. The molecule has 0 atom stereocenters. The van der Waals surface area contributed by atoms with Crippen LogP contribution in [0.15, 0.2) is 42.5 Å². The minimum absolute atomic E-state index is 0.0640. The van der Waals surface area contributed by atoms with Gasteiger partial charge < -0.3 is 14.5 Å². The third-order valence-electron chi connectivity index (χ3n) is 5.44. The van der Waals surface area contributed by atoms with Crippen LogP contribution in [0, 0.1) is 13.8 Å². The number of piperazine rings is 1. The van der Waals surface area contributed by atoms with E-state index in [1.165, 1.54) is 16.8 Å². The molecule has 1 heterocycles. The number of carbonyl (C=O) groups excluding carboxylic acids is 1. The zero-order valence-corrected chi connectivity index (χ0v) is 16.9. The van der Waals surface area contributed by atoms with Crippen LogP contribution in [0.5, 0.6) is 5.75 Å². The third-order valence-corrected chi connectivity index (χ3v) is 5.44. The van der Waals surface area contributed by atoms with Crippen molar-refractivity contribution in [2.24, 2.45) is 0 Å². The van der Waals surface area contributed by atoms with E-state index in [4.69, 9.17) is 4.74 Å². The van der Waals surface area contributed by atoms with E-state index in [2.05, 4.69) is 56.9 Å². The maximum absolute atomic E-state index is 12.6. The van der Waals surface area contributed by atoms with Gasteiger partial charge in [-0.25, -0.2) is 0 Å². The Morgan fingerprint density at radius 2 is 1.70 bits per heavy atom. The number of rotatable bonds is 5. The topological polar surface area (TPSA) is 32.8 Å². The zero-order chi connectivity index (χ0) is 19.4. The molecule has 3 rings (SSSR count). The van der Waals surface area contributed by atoms with Gasteiger partial charge in [-0.2, -0.15) is 0 Å². The summed E-state index contributed by atoms with van der Waals surface area (Å²) < 4.78 is 5.85. The molecule has 4 nitrogen and oxygen atoms in total. The Kier molecular flexibility index (Phi) is 6.04. The van der Waals surface area contributed by atoms with Gasteiger partial charge in [0.05, 0.1) is 0 Å². The number of aryl methyl sites for hydroxylation is 1. The van der Waals surface area contributed by atoms with Crippen molar-refractivity contribution >= 4 is 11.6 Å². The smallest absolute Gasteiger partial charge is 0.260 e. The maximum atomic E-state index is 12.6. The molecular weight excluding hydrogens is 336 g/mol. The summed E-state index contributed by atoms with van der Waals surface area (Å²) in [5.41, 5.74) is 5.06. The highest BCUT2D eigenvalue weighted by Gasteiger charge is 2.23.